The summed E-state index contributed by atoms with van der Waals surface area (Å²) in [5.41, 5.74) is 5.99. The zero-order chi connectivity index (χ0) is 22.6. The van der Waals surface area contributed by atoms with Crippen LogP contribution < -0.4 is 20.5 Å². The van der Waals surface area contributed by atoms with Gasteiger partial charge < -0.3 is 15.8 Å². The minimum Gasteiger partial charge on any atom is -0.406 e. The van der Waals surface area contributed by atoms with Crippen molar-refractivity contribution in [2.24, 2.45) is 10.7 Å². The topological polar surface area (TPSA) is 106 Å². The third kappa shape index (κ3) is 7.56. The Kier molecular flexibility index (Phi) is 6.99. The van der Waals surface area contributed by atoms with Gasteiger partial charge in [-0.25, -0.2) is 18.1 Å². The number of hydrogen-bond donors (Lipinski definition) is 3. The van der Waals surface area contributed by atoms with E-state index >= 15 is 0 Å². The predicted octanol–water partition coefficient (Wildman–Crippen LogP) is 3.59. The van der Waals surface area contributed by atoms with E-state index in [1.165, 1.54) is 18.2 Å². The monoisotopic (exact) mass is 444 g/mol. The summed E-state index contributed by atoms with van der Waals surface area (Å²) in [6.07, 6.45) is -4.77. The highest BCUT2D eigenvalue weighted by Crippen LogP contribution is 2.24. The average Bonchev–Trinajstić information content (AvgIpc) is 2.59. The van der Waals surface area contributed by atoms with Crippen LogP contribution in [0.1, 0.15) is 26.3 Å². The molecule has 0 amide bonds. The van der Waals surface area contributed by atoms with E-state index in [0.29, 0.717) is 11.3 Å². The van der Waals surface area contributed by atoms with Crippen LogP contribution in [-0.2, 0) is 16.6 Å². The number of hydrogen-bond acceptors (Lipinski definition) is 4. The van der Waals surface area contributed by atoms with Crippen LogP contribution in [-0.4, -0.2) is 26.3 Å². The van der Waals surface area contributed by atoms with E-state index in [4.69, 9.17) is 5.73 Å². The van der Waals surface area contributed by atoms with E-state index in [1.54, 1.807) is 39.0 Å². The third-order valence-electron chi connectivity index (χ3n) is 3.48. The number of anilines is 1. The van der Waals surface area contributed by atoms with E-state index < -0.39 is 21.9 Å². The molecule has 0 fully saturated rings. The summed E-state index contributed by atoms with van der Waals surface area (Å²) < 4.78 is 68.2. The molecule has 4 N–H and O–H groups in total. The number of alkyl halides is 3. The molecule has 0 radical (unpaired) electrons. The molecule has 11 heteroatoms. The number of guanidine groups is 1. The molecule has 2 rings (SSSR count). The van der Waals surface area contributed by atoms with E-state index in [0.717, 1.165) is 12.1 Å². The molecular formula is C19H23F3N4O3S. The fourth-order valence-corrected chi connectivity index (χ4v) is 4.10. The predicted molar refractivity (Wildman–Crippen MR) is 109 cm³/mol. The zero-order valence-corrected chi connectivity index (χ0v) is 17.4. The third-order valence-corrected chi connectivity index (χ3v) is 5.34. The maximum absolute atomic E-state index is 12.6. The second kappa shape index (κ2) is 8.92. The van der Waals surface area contributed by atoms with Crippen molar-refractivity contribution < 1.29 is 26.3 Å². The van der Waals surface area contributed by atoms with E-state index in [-0.39, 0.29) is 23.1 Å². The van der Waals surface area contributed by atoms with Crippen LogP contribution in [0.2, 0.25) is 0 Å². The van der Waals surface area contributed by atoms with Gasteiger partial charge in [-0.2, -0.15) is 0 Å². The molecule has 0 aromatic heterocycles. The Hall–Kier alpha value is -2.79. The fraction of sp³-hybridized carbons (Fsp3) is 0.316. The summed E-state index contributed by atoms with van der Waals surface area (Å²) >= 11 is 0. The highest BCUT2D eigenvalue weighted by molar-refractivity contribution is 7.89. The van der Waals surface area contributed by atoms with Crippen molar-refractivity contribution in [1.82, 2.24) is 4.72 Å². The second-order valence-corrected chi connectivity index (χ2v) is 9.01. The van der Waals surface area contributed by atoms with Crippen molar-refractivity contribution in [1.29, 1.82) is 0 Å². The Balaban J connectivity index is 2.11. The molecule has 0 saturated heterocycles. The molecule has 30 heavy (non-hydrogen) atoms. The standard InChI is InChI=1S/C19H23F3N4O3S/c1-18(2,3)26-30(27,28)16-7-5-4-6-13(16)12-24-17(23)25-14-8-10-15(11-9-14)29-19(20,21)22/h4-11,26H,12H2,1-3H3,(H3,23,24,25). The summed E-state index contributed by atoms with van der Waals surface area (Å²) in [5.74, 6) is -0.399. The number of rotatable bonds is 6. The van der Waals surface area contributed by atoms with E-state index in [2.05, 4.69) is 19.8 Å². The molecule has 0 aliphatic heterocycles. The van der Waals surface area contributed by atoms with Crippen molar-refractivity contribution >= 4 is 21.7 Å². The van der Waals surface area contributed by atoms with Crippen molar-refractivity contribution in [2.75, 3.05) is 5.32 Å². The van der Waals surface area contributed by atoms with Gasteiger partial charge in [-0.3, -0.25) is 0 Å². The highest BCUT2D eigenvalue weighted by atomic mass is 32.2. The number of benzene rings is 2. The smallest absolute Gasteiger partial charge is 0.406 e. The lowest BCUT2D eigenvalue weighted by molar-refractivity contribution is -0.274. The van der Waals surface area contributed by atoms with Gasteiger partial charge in [-0.05, 0) is 56.7 Å². The first kappa shape index (κ1) is 23.5. The lowest BCUT2D eigenvalue weighted by Crippen LogP contribution is -2.40. The zero-order valence-electron chi connectivity index (χ0n) is 16.6. The van der Waals surface area contributed by atoms with Gasteiger partial charge in [0.2, 0.25) is 10.0 Å². The first-order valence-electron chi connectivity index (χ1n) is 8.80. The largest absolute Gasteiger partial charge is 0.573 e. The van der Waals surface area contributed by atoms with Gasteiger partial charge in [-0.1, -0.05) is 18.2 Å². The average molecular weight is 444 g/mol. The van der Waals surface area contributed by atoms with Crippen LogP contribution in [0.4, 0.5) is 18.9 Å². The number of nitrogens with two attached hydrogens (primary N) is 1. The maximum atomic E-state index is 12.6. The van der Waals surface area contributed by atoms with Crippen LogP contribution >= 0.6 is 0 Å². The minimum absolute atomic E-state index is 0.0185. The number of nitrogens with zero attached hydrogens (tertiary/aromatic N) is 1. The molecule has 2 aromatic rings. The van der Waals surface area contributed by atoms with Crippen LogP contribution in [0.3, 0.4) is 0 Å². The Morgan fingerprint density at radius 1 is 1.07 bits per heavy atom. The first-order chi connectivity index (χ1) is 13.8. The van der Waals surface area contributed by atoms with Gasteiger partial charge in [-0.15, -0.1) is 13.2 Å². The van der Waals surface area contributed by atoms with Gasteiger partial charge in [0, 0.05) is 11.2 Å². The summed E-state index contributed by atoms with van der Waals surface area (Å²) in [4.78, 5) is 4.21. The number of sulfonamides is 1. The summed E-state index contributed by atoms with van der Waals surface area (Å²) in [7, 11) is -3.76. The molecule has 0 heterocycles. The molecule has 0 bridgehead atoms. The van der Waals surface area contributed by atoms with Crippen molar-refractivity contribution in [3.63, 3.8) is 0 Å². The molecule has 0 saturated carbocycles. The molecule has 0 atom stereocenters. The fourth-order valence-electron chi connectivity index (χ4n) is 2.45. The van der Waals surface area contributed by atoms with E-state index in [1.807, 2.05) is 0 Å². The molecule has 164 valence electrons. The van der Waals surface area contributed by atoms with Crippen LogP contribution in [0.5, 0.6) is 5.75 Å². The molecule has 0 aliphatic rings. The van der Waals surface area contributed by atoms with Crippen molar-refractivity contribution in [3.05, 3.63) is 54.1 Å². The number of halogens is 3. The normalized spacial score (nSPS) is 13.2. The van der Waals surface area contributed by atoms with E-state index in [9.17, 15) is 21.6 Å². The lowest BCUT2D eigenvalue weighted by atomic mass is 10.1. The molecule has 0 unspecified atom stereocenters. The quantitative estimate of drug-likeness (QED) is 0.466. The first-order valence-corrected chi connectivity index (χ1v) is 10.3. The number of ether oxygens (including phenoxy) is 1. The summed E-state index contributed by atoms with van der Waals surface area (Å²) in [6, 6.07) is 11.3. The van der Waals surface area contributed by atoms with Gasteiger partial charge in [0.15, 0.2) is 5.96 Å². The van der Waals surface area contributed by atoms with Crippen molar-refractivity contribution in [3.8, 4) is 5.75 Å². The molecule has 7 nitrogen and oxygen atoms in total. The Morgan fingerprint density at radius 2 is 1.67 bits per heavy atom. The second-order valence-electron chi connectivity index (χ2n) is 7.36. The molecule has 0 aliphatic carbocycles. The number of aliphatic imine (C=N–C) groups is 1. The SMILES string of the molecule is CC(C)(C)NS(=O)(=O)c1ccccc1CN=C(N)Nc1ccc(OC(F)(F)F)cc1. The summed E-state index contributed by atoms with van der Waals surface area (Å²) in [6.45, 7) is 5.18. The Morgan fingerprint density at radius 3 is 2.23 bits per heavy atom. The van der Waals surface area contributed by atoms with Crippen LogP contribution in [0, 0.1) is 0 Å². The van der Waals surface area contributed by atoms with Gasteiger partial charge in [0.1, 0.15) is 5.75 Å². The highest BCUT2D eigenvalue weighted by Gasteiger charge is 2.31. The van der Waals surface area contributed by atoms with Crippen molar-refractivity contribution in [2.45, 2.75) is 44.1 Å². The maximum Gasteiger partial charge on any atom is 0.573 e. The van der Waals surface area contributed by atoms with Gasteiger partial charge in [0.25, 0.3) is 0 Å². The van der Waals surface area contributed by atoms with Gasteiger partial charge >= 0.3 is 6.36 Å². The van der Waals surface area contributed by atoms with Gasteiger partial charge in [0.05, 0.1) is 11.4 Å². The molecule has 2 aromatic carbocycles. The molecule has 0 spiro atoms. The summed E-state index contributed by atoms with van der Waals surface area (Å²) in [5, 5.41) is 2.72. The van der Waals surface area contributed by atoms with Crippen LogP contribution in [0.25, 0.3) is 0 Å². The van der Waals surface area contributed by atoms with Crippen LogP contribution in [0.15, 0.2) is 58.4 Å². The number of nitrogens with one attached hydrogen (secondary N) is 2. The Labute approximate surface area is 173 Å². The Bertz CT molecular complexity index is 999. The lowest BCUT2D eigenvalue weighted by Gasteiger charge is -2.21. The minimum atomic E-state index is -4.77. The molecular weight excluding hydrogens is 421 g/mol.